The van der Waals surface area contributed by atoms with E-state index in [1.807, 2.05) is 6.07 Å². The van der Waals surface area contributed by atoms with Gasteiger partial charge >= 0.3 is 0 Å². The minimum absolute atomic E-state index is 0.441. The highest BCUT2D eigenvalue weighted by Crippen LogP contribution is 2.40. The highest BCUT2D eigenvalue weighted by molar-refractivity contribution is 6.26. The summed E-state index contributed by atoms with van der Waals surface area (Å²) in [5, 5.41) is 0. The van der Waals surface area contributed by atoms with Crippen molar-refractivity contribution in [3.8, 4) is 0 Å². The van der Waals surface area contributed by atoms with E-state index in [1.54, 1.807) is 0 Å². The molecule has 1 atom stereocenters. The minimum Gasteiger partial charge on any atom is -0.304 e. The third-order valence-corrected chi connectivity index (χ3v) is 4.47. The van der Waals surface area contributed by atoms with Crippen molar-refractivity contribution < 1.29 is 0 Å². The van der Waals surface area contributed by atoms with Crippen LogP contribution in [0.4, 0.5) is 0 Å². The van der Waals surface area contributed by atoms with E-state index in [-0.39, 0.29) is 0 Å². The molecule has 1 aliphatic rings. The lowest BCUT2D eigenvalue weighted by molar-refractivity contribution is 0.324. The van der Waals surface area contributed by atoms with Gasteiger partial charge < -0.3 is 4.90 Å². The minimum atomic E-state index is -0.441. The lowest BCUT2D eigenvalue weighted by Crippen LogP contribution is -2.34. The molecule has 0 radical (unpaired) electrons. The Hall–Kier alpha value is -1.31. The van der Waals surface area contributed by atoms with Gasteiger partial charge in [-0.25, -0.2) is 0 Å². The van der Waals surface area contributed by atoms with Crippen molar-refractivity contribution in [2.45, 2.75) is 11.3 Å². The number of benzene rings is 2. The van der Waals surface area contributed by atoms with Crippen LogP contribution in [0.5, 0.6) is 0 Å². The number of likely N-dealkylation sites (N-methyl/N-ethyl adjacent to an activating group) is 1. The summed E-state index contributed by atoms with van der Waals surface area (Å²) >= 11 is 7.09. The molecule has 2 aromatic rings. The van der Waals surface area contributed by atoms with Crippen LogP contribution in [0.1, 0.15) is 16.7 Å². The maximum absolute atomic E-state index is 7.09. The van der Waals surface area contributed by atoms with E-state index >= 15 is 0 Å². The molecule has 0 bridgehead atoms. The molecule has 1 heterocycles. The maximum atomic E-state index is 7.09. The zero-order chi connectivity index (χ0) is 13.3. The van der Waals surface area contributed by atoms with E-state index in [0.29, 0.717) is 0 Å². The van der Waals surface area contributed by atoms with Crippen LogP contribution >= 0.6 is 11.6 Å². The molecule has 0 saturated heterocycles. The Labute approximate surface area is 119 Å². The summed E-state index contributed by atoms with van der Waals surface area (Å²) in [5.41, 5.74) is 3.80. The van der Waals surface area contributed by atoms with Gasteiger partial charge in [0.05, 0.1) is 0 Å². The van der Waals surface area contributed by atoms with Crippen LogP contribution in [-0.2, 0) is 11.3 Å². The van der Waals surface area contributed by atoms with Gasteiger partial charge in [-0.05, 0) is 30.2 Å². The van der Waals surface area contributed by atoms with Crippen molar-refractivity contribution in [3.63, 3.8) is 0 Å². The standard InChI is InChI=1S/C17H18ClN/c1-19-12-11-14-7-5-6-10-16(14)17(18,13-19)15-8-3-2-4-9-15/h2-10H,11-13H2,1H3. The number of rotatable bonds is 1. The van der Waals surface area contributed by atoms with Crippen molar-refractivity contribution in [2.75, 3.05) is 20.1 Å². The number of nitrogens with zero attached hydrogens (tertiary/aromatic N) is 1. The Bertz CT molecular complexity index is 566. The van der Waals surface area contributed by atoms with Crippen molar-refractivity contribution in [2.24, 2.45) is 0 Å². The van der Waals surface area contributed by atoms with E-state index in [0.717, 1.165) is 19.5 Å². The van der Waals surface area contributed by atoms with Crippen LogP contribution in [0, 0.1) is 0 Å². The van der Waals surface area contributed by atoms with Gasteiger partial charge in [-0.1, -0.05) is 54.6 Å². The molecule has 0 aliphatic carbocycles. The fourth-order valence-corrected chi connectivity index (χ4v) is 3.44. The SMILES string of the molecule is CN1CCc2ccccc2C(Cl)(c2ccccc2)C1. The topological polar surface area (TPSA) is 3.24 Å². The fourth-order valence-electron chi connectivity index (χ4n) is 2.92. The first-order chi connectivity index (χ1) is 9.20. The predicted molar refractivity (Wildman–Crippen MR) is 80.7 cm³/mol. The molecule has 98 valence electrons. The second-order valence-electron chi connectivity index (χ2n) is 5.31. The Morgan fingerprint density at radius 1 is 1.00 bits per heavy atom. The fraction of sp³-hybridized carbons (Fsp3) is 0.294. The molecule has 1 aliphatic heterocycles. The third kappa shape index (κ3) is 2.29. The maximum Gasteiger partial charge on any atom is 0.107 e. The molecule has 3 rings (SSSR count). The summed E-state index contributed by atoms with van der Waals surface area (Å²) in [6, 6.07) is 19.0. The highest BCUT2D eigenvalue weighted by atomic mass is 35.5. The summed E-state index contributed by atoms with van der Waals surface area (Å²) < 4.78 is 0. The number of hydrogen-bond donors (Lipinski definition) is 0. The average Bonchev–Trinajstić information content (AvgIpc) is 2.58. The summed E-state index contributed by atoms with van der Waals surface area (Å²) in [4.78, 5) is 1.88. The molecule has 2 heteroatoms. The Balaban J connectivity index is 2.17. The summed E-state index contributed by atoms with van der Waals surface area (Å²) in [5.74, 6) is 0. The van der Waals surface area contributed by atoms with Gasteiger partial charge in [-0.2, -0.15) is 0 Å². The molecule has 0 spiro atoms. The lowest BCUT2D eigenvalue weighted by atomic mass is 9.87. The lowest BCUT2D eigenvalue weighted by Gasteiger charge is -2.31. The number of alkyl halides is 1. The van der Waals surface area contributed by atoms with Gasteiger partial charge in [0.2, 0.25) is 0 Å². The third-order valence-electron chi connectivity index (χ3n) is 3.93. The van der Waals surface area contributed by atoms with Crippen LogP contribution in [0.2, 0.25) is 0 Å². The molecule has 19 heavy (non-hydrogen) atoms. The van der Waals surface area contributed by atoms with E-state index in [4.69, 9.17) is 11.6 Å². The summed E-state index contributed by atoms with van der Waals surface area (Å²) in [6.07, 6.45) is 1.06. The molecular weight excluding hydrogens is 254 g/mol. The Kier molecular flexibility index (Phi) is 3.34. The van der Waals surface area contributed by atoms with Gasteiger partial charge in [0.1, 0.15) is 4.87 Å². The molecule has 0 N–H and O–H groups in total. The number of hydrogen-bond acceptors (Lipinski definition) is 1. The molecular formula is C17H18ClN. The average molecular weight is 272 g/mol. The molecule has 0 aromatic heterocycles. The van der Waals surface area contributed by atoms with Crippen LogP contribution in [-0.4, -0.2) is 25.0 Å². The van der Waals surface area contributed by atoms with Crippen LogP contribution in [0.25, 0.3) is 0 Å². The highest BCUT2D eigenvalue weighted by Gasteiger charge is 2.36. The molecule has 0 fully saturated rings. The quantitative estimate of drug-likeness (QED) is 0.716. The van der Waals surface area contributed by atoms with E-state index in [9.17, 15) is 0 Å². The zero-order valence-corrected chi connectivity index (χ0v) is 11.9. The zero-order valence-electron chi connectivity index (χ0n) is 11.1. The largest absolute Gasteiger partial charge is 0.304 e. The second kappa shape index (κ2) is 4.99. The first-order valence-corrected chi connectivity index (χ1v) is 7.09. The smallest absolute Gasteiger partial charge is 0.107 e. The van der Waals surface area contributed by atoms with Gasteiger partial charge in [-0.3, -0.25) is 0 Å². The first-order valence-electron chi connectivity index (χ1n) is 6.71. The van der Waals surface area contributed by atoms with Crippen LogP contribution in [0.3, 0.4) is 0 Å². The Morgan fingerprint density at radius 2 is 1.68 bits per heavy atom. The van der Waals surface area contributed by atoms with Crippen molar-refractivity contribution in [3.05, 3.63) is 71.3 Å². The number of halogens is 1. The Morgan fingerprint density at radius 3 is 2.47 bits per heavy atom. The molecule has 2 aromatic carbocycles. The van der Waals surface area contributed by atoms with Gasteiger partial charge in [0.25, 0.3) is 0 Å². The van der Waals surface area contributed by atoms with Crippen molar-refractivity contribution >= 4 is 11.6 Å². The van der Waals surface area contributed by atoms with Crippen LogP contribution in [0.15, 0.2) is 54.6 Å². The van der Waals surface area contributed by atoms with Crippen molar-refractivity contribution in [1.82, 2.24) is 4.90 Å². The molecule has 1 nitrogen and oxygen atoms in total. The second-order valence-corrected chi connectivity index (χ2v) is 5.96. The summed E-state index contributed by atoms with van der Waals surface area (Å²) in [6.45, 7) is 1.90. The van der Waals surface area contributed by atoms with E-state index in [2.05, 4.69) is 60.5 Å². The van der Waals surface area contributed by atoms with Gasteiger partial charge in [0, 0.05) is 13.1 Å². The van der Waals surface area contributed by atoms with Gasteiger partial charge in [0.15, 0.2) is 0 Å². The van der Waals surface area contributed by atoms with Gasteiger partial charge in [-0.15, -0.1) is 11.6 Å². The molecule has 1 unspecified atom stereocenters. The first kappa shape index (κ1) is 12.7. The van der Waals surface area contributed by atoms with E-state index in [1.165, 1.54) is 16.7 Å². The number of fused-ring (bicyclic) bond motifs is 1. The van der Waals surface area contributed by atoms with E-state index < -0.39 is 4.87 Å². The summed E-state index contributed by atoms with van der Waals surface area (Å²) in [7, 11) is 2.14. The van der Waals surface area contributed by atoms with Crippen molar-refractivity contribution in [1.29, 1.82) is 0 Å². The van der Waals surface area contributed by atoms with Crippen LogP contribution < -0.4 is 0 Å². The molecule has 0 amide bonds. The predicted octanol–water partition coefficient (Wildman–Crippen LogP) is 3.66. The normalized spacial score (nSPS) is 23.7. The molecule has 0 saturated carbocycles. The monoisotopic (exact) mass is 271 g/mol.